The van der Waals surface area contributed by atoms with E-state index in [1.54, 1.807) is 6.07 Å². The van der Waals surface area contributed by atoms with E-state index < -0.39 is 0 Å². The average Bonchev–Trinajstić information content (AvgIpc) is 3.03. The topological polar surface area (TPSA) is 61.5 Å². The van der Waals surface area contributed by atoms with Crippen molar-refractivity contribution >= 4 is 10.9 Å². The van der Waals surface area contributed by atoms with Gasteiger partial charge in [0.1, 0.15) is 0 Å². The predicted molar refractivity (Wildman–Crippen MR) is 86.4 cm³/mol. The smallest absolute Gasteiger partial charge is 0.264 e. The number of hydrogen-bond donors (Lipinski definition) is 2. The highest BCUT2D eigenvalue weighted by Gasteiger charge is 2.05. The molecule has 4 aromatic rings. The lowest BCUT2D eigenvalue weighted by Crippen LogP contribution is -2.05. The Morgan fingerprint density at radius 1 is 0.955 bits per heavy atom. The zero-order valence-electron chi connectivity index (χ0n) is 11.6. The van der Waals surface area contributed by atoms with E-state index in [-0.39, 0.29) is 5.56 Å². The molecule has 2 heterocycles. The Bertz CT molecular complexity index is 993. The first kappa shape index (κ1) is 12.6. The van der Waals surface area contributed by atoms with Gasteiger partial charge in [-0.15, -0.1) is 0 Å². The van der Waals surface area contributed by atoms with E-state index in [2.05, 4.69) is 39.4 Å². The molecule has 4 nitrogen and oxygen atoms in total. The quantitative estimate of drug-likeness (QED) is 0.593. The number of nitrogens with zero attached hydrogens (tertiary/aromatic N) is 1. The number of aromatic nitrogens is 3. The molecule has 2 N–H and O–H groups in total. The largest absolute Gasteiger partial charge is 0.361 e. The minimum atomic E-state index is -0.211. The molecule has 0 fully saturated rings. The van der Waals surface area contributed by atoms with Crippen molar-refractivity contribution < 1.29 is 0 Å². The number of H-pyrrole nitrogens is 2. The van der Waals surface area contributed by atoms with Crippen LogP contribution in [0.15, 0.2) is 65.6 Å². The van der Waals surface area contributed by atoms with Crippen LogP contribution in [0.1, 0.15) is 0 Å². The summed E-state index contributed by atoms with van der Waals surface area (Å²) in [7, 11) is 0. The molecule has 1 radical (unpaired) electrons. The van der Waals surface area contributed by atoms with Gasteiger partial charge in [0.05, 0.1) is 5.69 Å². The van der Waals surface area contributed by atoms with Crippen molar-refractivity contribution in [2.24, 2.45) is 0 Å². The minimum Gasteiger partial charge on any atom is -0.361 e. The highest BCUT2D eigenvalue weighted by Crippen LogP contribution is 2.26. The van der Waals surface area contributed by atoms with Crippen molar-refractivity contribution in [1.29, 1.82) is 0 Å². The van der Waals surface area contributed by atoms with Crippen LogP contribution in [0.4, 0.5) is 0 Å². The fourth-order valence-electron chi connectivity index (χ4n) is 2.50. The van der Waals surface area contributed by atoms with Crippen LogP contribution in [0.2, 0.25) is 0 Å². The Hall–Kier alpha value is -3.14. The molecule has 4 rings (SSSR count). The number of hydrogen-bond acceptors (Lipinski definition) is 2. The number of fused-ring (bicyclic) bond motifs is 1. The maximum absolute atomic E-state index is 11.1. The van der Waals surface area contributed by atoms with Crippen molar-refractivity contribution in [3.05, 3.63) is 77.2 Å². The summed E-state index contributed by atoms with van der Waals surface area (Å²) < 4.78 is 0. The Labute approximate surface area is 126 Å². The lowest BCUT2D eigenvalue weighted by Gasteiger charge is -2.05. The predicted octanol–water partition coefficient (Wildman–Crippen LogP) is 3.39. The third-order valence-electron chi connectivity index (χ3n) is 3.62. The van der Waals surface area contributed by atoms with E-state index >= 15 is 0 Å². The second-order valence-corrected chi connectivity index (χ2v) is 5.06. The van der Waals surface area contributed by atoms with Gasteiger partial charge < -0.3 is 4.98 Å². The SMILES string of the molecule is O=c1ccc(-c2[c]c(-c3ccc4cc[nH]c4c3)ccc2)n[nH]1. The van der Waals surface area contributed by atoms with Gasteiger partial charge in [0, 0.05) is 29.4 Å². The van der Waals surface area contributed by atoms with Gasteiger partial charge in [0.15, 0.2) is 0 Å². The Morgan fingerprint density at radius 3 is 2.73 bits per heavy atom. The van der Waals surface area contributed by atoms with E-state index in [1.807, 2.05) is 30.5 Å². The molecular formula is C18H12N3O. The molecule has 0 unspecified atom stereocenters. The van der Waals surface area contributed by atoms with Gasteiger partial charge in [0.25, 0.3) is 5.56 Å². The zero-order chi connectivity index (χ0) is 14.9. The van der Waals surface area contributed by atoms with Crippen LogP contribution in [0, 0.1) is 6.07 Å². The molecule has 0 atom stereocenters. The van der Waals surface area contributed by atoms with Crippen molar-refractivity contribution in [1.82, 2.24) is 15.2 Å². The Kier molecular flexibility index (Phi) is 2.86. The van der Waals surface area contributed by atoms with Crippen LogP contribution in [0.25, 0.3) is 33.3 Å². The third kappa shape index (κ3) is 2.20. The van der Waals surface area contributed by atoms with E-state index in [0.29, 0.717) is 5.69 Å². The van der Waals surface area contributed by atoms with E-state index in [1.165, 1.54) is 11.5 Å². The molecular weight excluding hydrogens is 274 g/mol. The van der Waals surface area contributed by atoms with Crippen LogP contribution >= 0.6 is 0 Å². The number of benzene rings is 2. The van der Waals surface area contributed by atoms with Crippen LogP contribution in [-0.2, 0) is 0 Å². The van der Waals surface area contributed by atoms with Gasteiger partial charge in [-0.05, 0) is 34.7 Å². The molecule has 0 spiro atoms. The average molecular weight is 286 g/mol. The highest BCUT2D eigenvalue weighted by molar-refractivity contribution is 5.85. The van der Waals surface area contributed by atoms with Crippen molar-refractivity contribution in [2.75, 3.05) is 0 Å². The van der Waals surface area contributed by atoms with E-state index in [4.69, 9.17) is 0 Å². The summed E-state index contributed by atoms with van der Waals surface area (Å²) in [6.45, 7) is 0. The summed E-state index contributed by atoms with van der Waals surface area (Å²) in [5.41, 5.74) is 4.50. The van der Waals surface area contributed by atoms with Crippen LogP contribution in [-0.4, -0.2) is 15.2 Å². The standard InChI is InChI=1S/C18H12N3O/c22-18-7-6-16(20-21-18)15-3-1-2-13(10-15)14-5-4-12-8-9-19-17(12)11-14/h1-9,11,19H,(H,21,22). The van der Waals surface area contributed by atoms with Crippen molar-refractivity contribution in [3.8, 4) is 22.4 Å². The number of rotatable bonds is 2. The second kappa shape index (κ2) is 5.00. The van der Waals surface area contributed by atoms with Gasteiger partial charge in [-0.1, -0.05) is 30.3 Å². The van der Waals surface area contributed by atoms with Crippen LogP contribution in [0.5, 0.6) is 0 Å². The van der Waals surface area contributed by atoms with Crippen LogP contribution in [0.3, 0.4) is 0 Å². The second-order valence-electron chi connectivity index (χ2n) is 5.06. The molecule has 105 valence electrons. The Balaban J connectivity index is 1.80. The third-order valence-corrected chi connectivity index (χ3v) is 3.62. The minimum absolute atomic E-state index is 0.211. The molecule has 0 saturated carbocycles. The van der Waals surface area contributed by atoms with Crippen molar-refractivity contribution in [3.63, 3.8) is 0 Å². The molecule has 2 aromatic heterocycles. The molecule has 0 saturated heterocycles. The summed E-state index contributed by atoms with van der Waals surface area (Å²) in [6.07, 6.45) is 1.93. The summed E-state index contributed by atoms with van der Waals surface area (Å²) in [5, 5.41) is 7.68. The molecule has 0 bridgehead atoms. The maximum Gasteiger partial charge on any atom is 0.264 e. The fraction of sp³-hybridized carbons (Fsp3) is 0. The molecule has 0 aliphatic carbocycles. The first-order valence-corrected chi connectivity index (χ1v) is 6.95. The highest BCUT2D eigenvalue weighted by atomic mass is 16.1. The van der Waals surface area contributed by atoms with Crippen LogP contribution < -0.4 is 5.56 Å². The molecule has 0 aliphatic heterocycles. The maximum atomic E-state index is 11.1. The Morgan fingerprint density at radius 2 is 1.86 bits per heavy atom. The monoisotopic (exact) mass is 286 g/mol. The van der Waals surface area contributed by atoms with Gasteiger partial charge >= 0.3 is 0 Å². The molecule has 0 amide bonds. The number of nitrogens with one attached hydrogen (secondary N) is 2. The molecule has 2 aromatic carbocycles. The fourth-order valence-corrected chi connectivity index (χ4v) is 2.50. The van der Waals surface area contributed by atoms with E-state index in [0.717, 1.165) is 22.2 Å². The summed E-state index contributed by atoms with van der Waals surface area (Å²) in [6, 6.07) is 20.7. The first-order chi connectivity index (χ1) is 10.8. The van der Waals surface area contributed by atoms with E-state index in [9.17, 15) is 4.79 Å². The normalized spacial score (nSPS) is 10.9. The molecule has 22 heavy (non-hydrogen) atoms. The first-order valence-electron chi connectivity index (χ1n) is 6.95. The zero-order valence-corrected chi connectivity index (χ0v) is 11.6. The van der Waals surface area contributed by atoms with Gasteiger partial charge in [-0.2, -0.15) is 5.10 Å². The van der Waals surface area contributed by atoms with Gasteiger partial charge in [-0.25, -0.2) is 5.10 Å². The number of aromatic amines is 2. The van der Waals surface area contributed by atoms with Gasteiger partial charge in [-0.3, -0.25) is 4.79 Å². The lowest BCUT2D eigenvalue weighted by atomic mass is 10.0. The van der Waals surface area contributed by atoms with Gasteiger partial charge in [0.2, 0.25) is 0 Å². The summed E-state index contributed by atoms with van der Waals surface area (Å²) in [4.78, 5) is 14.3. The van der Waals surface area contributed by atoms with Crippen molar-refractivity contribution in [2.45, 2.75) is 0 Å². The molecule has 4 heteroatoms. The molecule has 0 aliphatic rings. The summed E-state index contributed by atoms with van der Waals surface area (Å²) in [5.74, 6) is 0. The summed E-state index contributed by atoms with van der Waals surface area (Å²) >= 11 is 0. The lowest BCUT2D eigenvalue weighted by molar-refractivity contribution is 0.995.